The number of fused-ring (bicyclic) bond motifs is 1. The van der Waals surface area contributed by atoms with Gasteiger partial charge in [-0.2, -0.15) is 0 Å². The summed E-state index contributed by atoms with van der Waals surface area (Å²) in [6, 6.07) is 0.729. The molecule has 100 valence electrons. The van der Waals surface area contributed by atoms with Crippen LogP contribution in [0.5, 0.6) is 0 Å². The van der Waals surface area contributed by atoms with E-state index in [4.69, 9.17) is 17.3 Å². The van der Waals surface area contributed by atoms with Gasteiger partial charge in [-0.3, -0.25) is 0 Å². The minimum Gasteiger partial charge on any atom is -0.322 e. The van der Waals surface area contributed by atoms with E-state index in [9.17, 15) is 0 Å². The van der Waals surface area contributed by atoms with Crippen LogP contribution in [0.3, 0.4) is 0 Å². The molecule has 18 heavy (non-hydrogen) atoms. The van der Waals surface area contributed by atoms with E-state index in [1.165, 1.54) is 17.7 Å². The van der Waals surface area contributed by atoms with Gasteiger partial charge >= 0.3 is 0 Å². The summed E-state index contributed by atoms with van der Waals surface area (Å²) in [6.45, 7) is 6.86. The minimum absolute atomic E-state index is 0.0885. The standard InChI is InChI=1S/C13H20ClN3S/c1-8(2)17-5-3-13(4-6-17)7-9-10(11(13)15)16-12(14)18-9/h8,11H,3-7,15H2,1-2H3/t11-/m0/s1. The predicted molar refractivity (Wildman–Crippen MR) is 76.1 cm³/mol. The molecule has 1 aliphatic carbocycles. The van der Waals surface area contributed by atoms with Crippen LogP contribution >= 0.6 is 22.9 Å². The Balaban J connectivity index is 1.78. The van der Waals surface area contributed by atoms with Gasteiger partial charge in [0.2, 0.25) is 0 Å². The van der Waals surface area contributed by atoms with Crippen LogP contribution in [-0.4, -0.2) is 29.0 Å². The van der Waals surface area contributed by atoms with Crippen LogP contribution in [0.15, 0.2) is 0 Å². The molecule has 0 bridgehead atoms. The lowest BCUT2D eigenvalue weighted by Crippen LogP contribution is -2.46. The highest BCUT2D eigenvalue weighted by atomic mass is 35.5. The first-order valence-corrected chi connectivity index (χ1v) is 7.86. The molecule has 0 unspecified atom stereocenters. The van der Waals surface area contributed by atoms with Gasteiger partial charge < -0.3 is 10.6 Å². The molecule has 0 aromatic carbocycles. The Kier molecular flexibility index (Phi) is 3.17. The van der Waals surface area contributed by atoms with Crippen molar-refractivity contribution in [1.29, 1.82) is 0 Å². The van der Waals surface area contributed by atoms with E-state index in [0.717, 1.165) is 25.2 Å². The second kappa shape index (κ2) is 4.44. The van der Waals surface area contributed by atoms with Gasteiger partial charge in [-0.25, -0.2) is 4.98 Å². The van der Waals surface area contributed by atoms with E-state index >= 15 is 0 Å². The monoisotopic (exact) mass is 285 g/mol. The molecule has 3 nitrogen and oxygen atoms in total. The SMILES string of the molecule is CC(C)N1CCC2(CC1)Cc1sc(Cl)nc1[C@@H]2N. The third-order valence-corrected chi connectivity index (χ3v) is 5.87. The van der Waals surface area contributed by atoms with Crippen molar-refractivity contribution < 1.29 is 0 Å². The molecule has 1 aromatic heterocycles. The molecular weight excluding hydrogens is 266 g/mol. The second-order valence-corrected chi connectivity index (χ2v) is 7.59. The van der Waals surface area contributed by atoms with E-state index in [0.29, 0.717) is 10.5 Å². The highest BCUT2D eigenvalue weighted by molar-refractivity contribution is 7.15. The number of halogens is 1. The fraction of sp³-hybridized carbons (Fsp3) is 0.769. The summed E-state index contributed by atoms with van der Waals surface area (Å²) >= 11 is 7.60. The number of hydrogen-bond donors (Lipinski definition) is 1. The first-order valence-electron chi connectivity index (χ1n) is 6.66. The molecule has 1 aliphatic heterocycles. The Bertz CT molecular complexity index is 449. The number of aromatic nitrogens is 1. The zero-order valence-electron chi connectivity index (χ0n) is 10.9. The summed E-state index contributed by atoms with van der Waals surface area (Å²) in [4.78, 5) is 8.29. The molecule has 0 amide bonds. The molecule has 0 radical (unpaired) electrons. The van der Waals surface area contributed by atoms with Crippen molar-refractivity contribution in [3.05, 3.63) is 15.0 Å². The molecule has 1 saturated heterocycles. The number of nitrogens with two attached hydrogens (primary N) is 1. The third-order valence-electron chi connectivity index (χ3n) is 4.69. The molecule has 0 saturated carbocycles. The van der Waals surface area contributed by atoms with E-state index in [-0.39, 0.29) is 11.5 Å². The van der Waals surface area contributed by atoms with Gasteiger partial charge in [0.05, 0.1) is 11.7 Å². The first-order chi connectivity index (χ1) is 8.52. The van der Waals surface area contributed by atoms with Crippen molar-refractivity contribution in [2.24, 2.45) is 11.1 Å². The maximum absolute atomic E-state index is 6.46. The summed E-state index contributed by atoms with van der Waals surface area (Å²) in [5.41, 5.74) is 7.78. The van der Waals surface area contributed by atoms with Crippen LogP contribution < -0.4 is 5.73 Å². The summed E-state index contributed by atoms with van der Waals surface area (Å²) in [5, 5.41) is 0. The van der Waals surface area contributed by atoms with Gasteiger partial charge in [0.25, 0.3) is 0 Å². The summed E-state index contributed by atoms with van der Waals surface area (Å²) in [6.07, 6.45) is 3.46. The fourth-order valence-corrected chi connectivity index (χ4v) is 4.75. The van der Waals surface area contributed by atoms with Crippen molar-refractivity contribution in [1.82, 2.24) is 9.88 Å². The lowest BCUT2D eigenvalue weighted by Gasteiger charge is -2.43. The van der Waals surface area contributed by atoms with Crippen LogP contribution in [0.25, 0.3) is 0 Å². The van der Waals surface area contributed by atoms with Crippen molar-refractivity contribution in [3.8, 4) is 0 Å². The summed E-state index contributed by atoms with van der Waals surface area (Å²) in [5.74, 6) is 0. The Morgan fingerprint density at radius 3 is 2.67 bits per heavy atom. The highest BCUT2D eigenvalue weighted by Crippen LogP contribution is 2.52. The Hall–Kier alpha value is -0.160. The topological polar surface area (TPSA) is 42.2 Å². The van der Waals surface area contributed by atoms with Crippen LogP contribution in [0.4, 0.5) is 0 Å². The maximum Gasteiger partial charge on any atom is 0.184 e. The predicted octanol–water partition coefficient (Wildman–Crippen LogP) is 2.84. The molecule has 2 heterocycles. The Labute approximate surface area is 117 Å². The number of hydrogen-bond acceptors (Lipinski definition) is 4. The smallest absolute Gasteiger partial charge is 0.184 e. The van der Waals surface area contributed by atoms with Gasteiger partial charge in [0, 0.05) is 10.9 Å². The van der Waals surface area contributed by atoms with Gasteiger partial charge in [0.1, 0.15) is 0 Å². The van der Waals surface area contributed by atoms with Gasteiger partial charge in [-0.15, -0.1) is 11.3 Å². The molecule has 1 atom stereocenters. The molecular formula is C13H20ClN3S. The third kappa shape index (κ3) is 1.90. The molecule has 1 aromatic rings. The van der Waals surface area contributed by atoms with Crippen molar-refractivity contribution in [3.63, 3.8) is 0 Å². The fourth-order valence-electron chi connectivity index (χ4n) is 3.40. The Morgan fingerprint density at radius 1 is 1.44 bits per heavy atom. The van der Waals surface area contributed by atoms with Crippen molar-refractivity contribution in [2.75, 3.05) is 13.1 Å². The van der Waals surface area contributed by atoms with Crippen molar-refractivity contribution >= 4 is 22.9 Å². The second-order valence-electron chi connectivity index (χ2n) is 5.92. The normalized spacial score (nSPS) is 27.1. The first kappa shape index (κ1) is 12.9. The zero-order valence-corrected chi connectivity index (χ0v) is 12.5. The lowest BCUT2D eigenvalue weighted by molar-refractivity contribution is 0.0706. The van der Waals surface area contributed by atoms with Crippen molar-refractivity contribution in [2.45, 2.75) is 45.2 Å². The number of piperidine rings is 1. The average molecular weight is 286 g/mol. The molecule has 2 aliphatic rings. The molecule has 2 N–H and O–H groups in total. The van der Waals surface area contributed by atoms with Crippen LogP contribution in [-0.2, 0) is 6.42 Å². The summed E-state index contributed by atoms with van der Waals surface area (Å²) in [7, 11) is 0. The molecule has 1 fully saturated rings. The number of likely N-dealkylation sites (tertiary alicyclic amines) is 1. The Morgan fingerprint density at radius 2 is 2.11 bits per heavy atom. The molecule has 5 heteroatoms. The van der Waals surface area contributed by atoms with E-state index in [1.54, 1.807) is 11.3 Å². The van der Waals surface area contributed by atoms with Gasteiger partial charge in [-0.05, 0) is 51.6 Å². The minimum atomic E-state index is 0.0885. The molecule has 3 rings (SSSR count). The summed E-state index contributed by atoms with van der Waals surface area (Å²) < 4.78 is 0.643. The average Bonchev–Trinajstić information content (AvgIpc) is 2.78. The van der Waals surface area contributed by atoms with Crippen LogP contribution in [0.2, 0.25) is 4.47 Å². The lowest BCUT2D eigenvalue weighted by atomic mass is 9.73. The number of rotatable bonds is 1. The van der Waals surface area contributed by atoms with Crippen LogP contribution in [0.1, 0.15) is 43.3 Å². The van der Waals surface area contributed by atoms with Gasteiger partial charge in [-0.1, -0.05) is 11.6 Å². The zero-order chi connectivity index (χ0) is 12.9. The molecule has 1 spiro atoms. The van der Waals surface area contributed by atoms with E-state index in [1.807, 2.05) is 0 Å². The van der Waals surface area contributed by atoms with Gasteiger partial charge in [0.15, 0.2) is 4.47 Å². The maximum atomic E-state index is 6.46. The quantitative estimate of drug-likeness (QED) is 0.863. The van der Waals surface area contributed by atoms with E-state index < -0.39 is 0 Å². The van der Waals surface area contributed by atoms with Crippen LogP contribution in [0, 0.1) is 5.41 Å². The number of nitrogens with zero attached hydrogens (tertiary/aromatic N) is 2. The largest absolute Gasteiger partial charge is 0.322 e. The number of thiazole rings is 1. The highest BCUT2D eigenvalue weighted by Gasteiger charge is 2.48. The van der Waals surface area contributed by atoms with E-state index in [2.05, 4.69) is 23.7 Å².